The molecule has 0 unspecified atom stereocenters. The van der Waals surface area contributed by atoms with E-state index in [-0.39, 0.29) is 18.6 Å². The molecule has 2 amide bonds. The van der Waals surface area contributed by atoms with Gasteiger partial charge in [-0.05, 0) is 60.3 Å². The number of piperazine rings is 1. The lowest BCUT2D eigenvalue weighted by molar-refractivity contribution is -0.140. The molecule has 2 aromatic carbocycles. The molecule has 0 saturated carbocycles. The highest BCUT2D eigenvalue weighted by atomic mass is 32.1. The number of carbonyl (C=O) groups excluding carboxylic acids is 2. The first-order chi connectivity index (χ1) is 18.0. The zero-order chi connectivity index (χ0) is 26.2. The van der Waals surface area contributed by atoms with E-state index in [1.165, 1.54) is 10.6 Å². The van der Waals surface area contributed by atoms with Crippen molar-refractivity contribution in [3.8, 4) is 11.5 Å². The summed E-state index contributed by atoms with van der Waals surface area (Å²) in [7, 11) is 3.27. The van der Waals surface area contributed by atoms with Gasteiger partial charge in [0, 0.05) is 49.3 Å². The molecule has 1 saturated heterocycles. The summed E-state index contributed by atoms with van der Waals surface area (Å²) >= 11 is 1.67. The van der Waals surface area contributed by atoms with Crippen molar-refractivity contribution in [2.24, 2.45) is 0 Å². The Morgan fingerprint density at radius 2 is 1.51 bits per heavy atom. The summed E-state index contributed by atoms with van der Waals surface area (Å²) in [6, 6.07) is 19.3. The second kappa shape index (κ2) is 12.6. The monoisotopic (exact) mass is 522 g/mol. The molecule has 4 rings (SSSR count). The summed E-state index contributed by atoms with van der Waals surface area (Å²) in [6.07, 6.45) is 0. The van der Waals surface area contributed by atoms with Crippen molar-refractivity contribution in [2.75, 3.05) is 45.3 Å². The summed E-state index contributed by atoms with van der Waals surface area (Å²) in [6.45, 7) is 5.67. The lowest BCUT2D eigenvalue weighted by Crippen LogP contribution is -2.53. The first-order valence-corrected chi connectivity index (χ1v) is 13.2. The Morgan fingerprint density at radius 3 is 2.08 bits per heavy atom. The molecule has 2 atom stereocenters. The Bertz CT molecular complexity index is 1140. The van der Waals surface area contributed by atoms with Gasteiger partial charge in [0.15, 0.2) is 0 Å². The first-order valence-electron chi connectivity index (χ1n) is 12.4. The largest absolute Gasteiger partial charge is 0.497 e. The molecule has 0 spiro atoms. The number of carbonyl (C=O) groups is 2. The summed E-state index contributed by atoms with van der Waals surface area (Å²) in [5.41, 5.74) is 2.06. The van der Waals surface area contributed by atoms with Gasteiger partial charge in [0.2, 0.25) is 0 Å². The highest BCUT2D eigenvalue weighted by Crippen LogP contribution is 2.30. The lowest BCUT2D eigenvalue weighted by Gasteiger charge is -2.42. The third kappa shape index (κ3) is 6.81. The molecule has 0 aliphatic carbocycles. The molecular weight excluding hydrogens is 488 g/mol. The Kier molecular flexibility index (Phi) is 9.03. The number of nitrogens with one attached hydrogen (secondary N) is 2. The van der Waals surface area contributed by atoms with Gasteiger partial charge in [0.25, 0.3) is 0 Å². The molecule has 8 nitrogen and oxygen atoms in total. The predicted molar refractivity (Wildman–Crippen MR) is 146 cm³/mol. The van der Waals surface area contributed by atoms with Crippen LogP contribution in [-0.4, -0.2) is 63.2 Å². The summed E-state index contributed by atoms with van der Waals surface area (Å²) < 4.78 is 10.4. The standard InChI is InChI=1S/C28H34N4O4S/c1-20(30-28(34)27(33)29-19-21-6-10-23(35-2)11-7-21)26(25-5-4-18-37-25)32-16-14-31(15-17-32)22-8-12-24(36-3)13-9-22/h4-13,18,20,26H,14-17,19H2,1-3H3,(H,29,33)(H,30,34)/t20-,26-/m1/s1. The van der Waals surface area contributed by atoms with E-state index in [4.69, 9.17) is 9.47 Å². The van der Waals surface area contributed by atoms with Crippen molar-refractivity contribution in [3.63, 3.8) is 0 Å². The summed E-state index contributed by atoms with van der Waals surface area (Å²) in [5.74, 6) is 0.320. The normalized spacial score (nSPS) is 15.5. The van der Waals surface area contributed by atoms with Gasteiger partial charge >= 0.3 is 11.8 Å². The van der Waals surface area contributed by atoms with E-state index in [1.54, 1.807) is 25.6 Å². The van der Waals surface area contributed by atoms with Crippen molar-refractivity contribution in [2.45, 2.75) is 25.6 Å². The van der Waals surface area contributed by atoms with Gasteiger partial charge in [0.05, 0.1) is 20.3 Å². The van der Waals surface area contributed by atoms with Gasteiger partial charge in [-0.15, -0.1) is 11.3 Å². The van der Waals surface area contributed by atoms with E-state index in [9.17, 15) is 9.59 Å². The van der Waals surface area contributed by atoms with E-state index >= 15 is 0 Å². The minimum Gasteiger partial charge on any atom is -0.497 e. The van der Waals surface area contributed by atoms with Gasteiger partial charge < -0.3 is 25.0 Å². The molecule has 2 N–H and O–H groups in total. The van der Waals surface area contributed by atoms with Crippen LogP contribution in [0.4, 0.5) is 5.69 Å². The van der Waals surface area contributed by atoms with Crippen molar-refractivity contribution in [3.05, 3.63) is 76.5 Å². The first kappa shape index (κ1) is 26.5. The highest BCUT2D eigenvalue weighted by Gasteiger charge is 2.32. The van der Waals surface area contributed by atoms with Gasteiger partial charge in [-0.3, -0.25) is 14.5 Å². The van der Waals surface area contributed by atoms with Gasteiger partial charge in [-0.2, -0.15) is 0 Å². The van der Waals surface area contributed by atoms with E-state index in [0.29, 0.717) is 0 Å². The van der Waals surface area contributed by atoms with Crippen LogP contribution < -0.4 is 25.0 Å². The zero-order valence-electron chi connectivity index (χ0n) is 21.5. The number of hydrogen-bond acceptors (Lipinski definition) is 7. The Labute approximate surface area is 222 Å². The fourth-order valence-corrected chi connectivity index (χ4v) is 5.57. The minimum absolute atomic E-state index is 0.0173. The summed E-state index contributed by atoms with van der Waals surface area (Å²) in [5, 5.41) is 7.70. The van der Waals surface area contributed by atoms with Crippen LogP contribution in [0.2, 0.25) is 0 Å². The van der Waals surface area contributed by atoms with Crippen LogP contribution in [0.15, 0.2) is 66.0 Å². The van der Waals surface area contributed by atoms with Gasteiger partial charge in [-0.1, -0.05) is 18.2 Å². The van der Waals surface area contributed by atoms with Crippen molar-refractivity contribution in [1.82, 2.24) is 15.5 Å². The van der Waals surface area contributed by atoms with E-state index in [2.05, 4.69) is 38.6 Å². The number of anilines is 1. The average molecular weight is 523 g/mol. The number of rotatable bonds is 9. The number of ether oxygens (including phenoxy) is 2. The second-order valence-corrected chi connectivity index (χ2v) is 9.95. The van der Waals surface area contributed by atoms with Crippen LogP contribution in [0.5, 0.6) is 11.5 Å². The third-order valence-electron chi connectivity index (χ3n) is 6.63. The lowest BCUT2D eigenvalue weighted by atomic mass is 10.0. The molecular formula is C28H34N4O4S. The maximum atomic E-state index is 12.7. The van der Waals surface area contributed by atoms with E-state index in [0.717, 1.165) is 43.2 Å². The zero-order valence-corrected chi connectivity index (χ0v) is 22.3. The minimum atomic E-state index is -0.642. The Balaban J connectivity index is 1.34. The summed E-state index contributed by atoms with van der Waals surface area (Å²) in [4.78, 5) is 31.2. The third-order valence-corrected chi connectivity index (χ3v) is 7.57. The van der Waals surface area contributed by atoms with Crippen molar-refractivity contribution >= 4 is 28.8 Å². The molecule has 196 valence electrons. The molecule has 1 aliphatic heterocycles. The van der Waals surface area contributed by atoms with Crippen LogP contribution in [0.25, 0.3) is 0 Å². The fraction of sp³-hybridized carbons (Fsp3) is 0.357. The number of benzene rings is 2. The van der Waals surface area contributed by atoms with Gasteiger partial charge in [-0.25, -0.2) is 0 Å². The molecule has 37 heavy (non-hydrogen) atoms. The molecule has 0 radical (unpaired) electrons. The van der Waals surface area contributed by atoms with Gasteiger partial charge in [0.1, 0.15) is 11.5 Å². The quantitative estimate of drug-likeness (QED) is 0.419. The molecule has 1 fully saturated rings. The second-order valence-electron chi connectivity index (χ2n) is 8.97. The van der Waals surface area contributed by atoms with Crippen LogP contribution >= 0.6 is 11.3 Å². The van der Waals surface area contributed by atoms with Crippen molar-refractivity contribution < 1.29 is 19.1 Å². The fourth-order valence-electron chi connectivity index (χ4n) is 4.61. The average Bonchev–Trinajstić information content (AvgIpc) is 3.47. The van der Waals surface area contributed by atoms with E-state index < -0.39 is 11.8 Å². The molecule has 9 heteroatoms. The number of amides is 2. The Hall–Kier alpha value is -3.56. The maximum absolute atomic E-state index is 12.7. The number of hydrogen-bond donors (Lipinski definition) is 2. The van der Waals surface area contributed by atoms with Crippen LogP contribution in [-0.2, 0) is 16.1 Å². The van der Waals surface area contributed by atoms with Crippen LogP contribution in [0.3, 0.4) is 0 Å². The van der Waals surface area contributed by atoms with Crippen LogP contribution in [0, 0.1) is 0 Å². The molecule has 1 aliphatic rings. The topological polar surface area (TPSA) is 83.1 Å². The maximum Gasteiger partial charge on any atom is 0.309 e. The molecule has 1 aromatic heterocycles. The number of nitrogens with zero attached hydrogens (tertiary/aromatic N) is 2. The van der Waals surface area contributed by atoms with E-state index in [1.807, 2.05) is 54.8 Å². The predicted octanol–water partition coefficient (Wildman–Crippen LogP) is 3.45. The molecule has 2 heterocycles. The van der Waals surface area contributed by atoms with Crippen molar-refractivity contribution in [1.29, 1.82) is 0 Å². The molecule has 3 aromatic rings. The van der Waals surface area contributed by atoms with Crippen LogP contribution in [0.1, 0.15) is 23.4 Å². The SMILES string of the molecule is COc1ccc(CNC(=O)C(=O)N[C@H](C)[C@H](c2cccs2)N2CCN(c3ccc(OC)cc3)CC2)cc1. The smallest absolute Gasteiger partial charge is 0.309 e. The number of thiophene rings is 1. The molecule has 0 bridgehead atoms. The highest BCUT2D eigenvalue weighted by molar-refractivity contribution is 7.10. The number of methoxy groups -OCH3 is 2. The Morgan fingerprint density at radius 1 is 0.892 bits per heavy atom.